The molecule has 0 aliphatic rings. The molecule has 4 nitrogen and oxygen atoms in total. The molecule has 0 amide bonds. The maximum absolute atomic E-state index is 10.8. The van der Waals surface area contributed by atoms with E-state index >= 15 is 0 Å². The van der Waals surface area contributed by atoms with E-state index in [2.05, 4.69) is 0 Å². The molecule has 0 atom stereocenters. The fourth-order valence-corrected chi connectivity index (χ4v) is 1.69. The molecule has 0 saturated carbocycles. The summed E-state index contributed by atoms with van der Waals surface area (Å²) in [5, 5.41) is 17.7. The lowest BCUT2D eigenvalue weighted by Crippen LogP contribution is -2.08. The van der Waals surface area contributed by atoms with Crippen molar-refractivity contribution in [3.05, 3.63) is 33.3 Å². The summed E-state index contributed by atoms with van der Waals surface area (Å²) in [7, 11) is 0. The average molecular weight is 229 g/mol. The van der Waals surface area contributed by atoms with Crippen LogP contribution in [0.1, 0.15) is 31.8 Å². The molecular weight excluding hydrogens is 220 g/mol. The van der Waals surface area contributed by atoms with Gasteiger partial charge in [-0.2, -0.15) is 0 Å². The topological polar surface area (TPSA) is 74.6 Å². The largest absolute Gasteiger partial charge is 0.478 e. The Kier molecular flexibility index (Phi) is 3.00. The van der Waals surface area contributed by atoms with Crippen molar-refractivity contribution in [2.24, 2.45) is 0 Å². The van der Waals surface area contributed by atoms with E-state index in [1.807, 2.05) is 0 Å². The molecule has 0 aromatic heterocycles. The number of hydrogen-bond acceptors (Lipinski definition) is 2. The Bertz CT molecular complexity index is 451. The summed E-state index contributed by atoms with van der Waals surface area (Å²) in [5.41, 5.74) is 0.790. The lowest BCUT2D eigenvalue weighted by Gasteiger charge is -2.10. The second-order valence-corrected chi connectivity index (χ2v) is 3.55. The Balaban J connectivity index is 3.58. The number of benzene rings is 1. The summed E-state index contributed by atoms with van der Waals surface area (Å²) in [6.45, 7) is 3.10. The quantitative estimate of drug-likeness (QED) is 0.815. The first-order chi connectivity index (χ1) is 6.86. The van der Waals surface area contributed by atoms with Gasteiger partial charge in [0.1, 0.15) is 0 Å². The number of rotatable bonds is 2. The van der Waals surface area contributed by atoms with E-state index in [0.29, 0.717) is 11.1 Å². The Labute approximate surface area is 91.1 Å². The van der Waals surface area contributed by atoms with Crippen molar-refractivity contribution in [1.82, 2.24) is 0 Å². The predicted octanol–water partition coefficient (Wildman–Crippen LogP) is 2.35. The maximum atomic E-state index is 10.8. The van der Waals surface area contributed by atoms with E-state index < -0.39 is 11.9 Å². The van der Waals surface area contributed by atoms with Crippen LogP contribution in [-0.4, -0.2) is 22.2 Å². The first-order valence-electron chi connectivity index (χ1n) is 4.12. The van der Waals surface area contributed by atoms with E-state index in [1.54, 1.807) is 6.92 Å². The molecule has 0 aliphatic carbocycles. The Hall–Kier alpha value is -1.55. The van der Waals surface area contributed by atoms with Gasteiger partial charge in [0.05, 0.1) is 16.1 Å². The van der Waals surface area contributed by atoms with E-state index in [-0.39, 0.29) is 16.1 Å². The van der Waals surface area contributed by atoms with Crippen molar-refractivity contribution in [1.29, 1.82) is 0 Å². The van der Waals surface area contributed by atoms with Crippen LogP contribution in [0.2, 0.25) is 5.02 Å². The standard InChI is InChI=1S/C10H9ClO4/c1-4-5(2)8(10(14)15)7(11)3-6(4)9(12)13/h3H,1-2H3,(H,12,13)(H,14,15). The zero-order valence-electron chi connectivity index (χ0n) is 8.17. The van der Waals surface area contributed by atoms with Gasteiger partial charge in [-0.1, -0.05) is 11.6 Å². The van der Waals surface area contributed by atoms with Crippen LogP contribution < -0.4 is 0 Å². The van der Waals surface area contributed by atoms with Crippen molar-refractivity contribution in [2.75, 3.05) is 0 Å². The van der Waals surface area contributed by atoms with Crippen molar-refractivity contribution in [2.45, 2.75) is 13.8 Å². The molecule has 15 heavy (non-hydrogen) atoms. The number of hydrogen-bond donors (Lipinski definition) is 2. The van der Waals surface area contributed by atoms with Crippen LogP contribution in [0.5, 0.6) is 0 Å². The number of halogens is 1. The van der Waals surface area contributed by atoms with Crippen molar-refractivity contribution >= 4 is 23.5 Å². The number of carboxylic acids is 2. The van der Waals surface area contributed by atoms with Gasteiger partial charge in [0.2, 0.25) is 0 Å². The third-order valence-corrected chi connectivity index (χ3v) is 2.59. The smallest absolute Gasteiger partial charge is 0.337 e. The lowest BCUT2D eigenvalue weighted by atomic mass is 9.98. The summed E-state index contributed by atoms with van der Waals surface area (Å²) in [5.74, 6) is -2.27. The molecular formula is C10H9ClO4. The number of carboxylic acid groups (broad SMARTS) is 2. The third kappa shape index (κ3) is 1.94. The van der Waals surface area contributed by atoms with Crippen LogP contribution >= 0.6 is 11.6 Å². The number of aromatic carboxylic acids is 2. The highest BCUT2D eigenvalue weighted by Crippen LogP contribution is 2.26. The fourth-order valence-electron chi connectivity index (χ4n) is 1.36. The van der Waals surface area contributed by atoms with Gasteiger partial charge in [0.15, 0.2) is 0 Å². The van der Waals surface area contributed by atoms with Gasteiger partial charge in [-0.05, 0) is 31.0 Å². The number of carbonyl (C=O) groups is 2. The molecule has 0 bridgehead atoms. The normalized spacial score (nSPS) is 10.1. The molecule has 5 heteroatoms. The van der Waals surface area contributed by atoms with Crippen LogP contribution in [0.3, 0.4) is 0 Å². The summed E-state index contributed by atoms with van der Waals surface area (Å²) >= 11 is 5.70. The highest BCUT2D eigenvalue weighted by atomic mass is 35.5. The Morgan fingerprint density at radius 2 is 1.67 bits per heavy atom. The summed E-state index contributed by atoms with van der Waals surface area (Å²) in [4.78, 5) is 21.6. The molecule has 0 saturated heterocycles. The molecule has 1 aromatic carbocycles. The molecule has 1 rings (SSSR count). The van der Waals surface area contributed by atoms with Gasteiger partial charge >= 0.3 is 11.9 Å². The van der Waals surface area contributed by atoms with Crippen LogP contribution in [0.25, 0.3) is 0 Å². The van der Waals surface area contributed by atoms with E-state index in [4.69, 9.17) is 21.8 Å². The maximum Gasteiger partial charge on any atom is 0.337 e. The first kappa shape index (κ1) is 11.5. The highest BCUT2D eigenvalue weighted by molar-refractivity contribution is 6.34. The molecule has 0 unspecified atom stereocenters. The minimum Gasteiger partial charge on any atom is -0.478 e. The molecule has 0 fully saturated rings. The molecule has 1 aromatic rings. The van der Waals surface area contributed by atoms with E-state index in [9.17, 15) is 9.59 Å². The van der Waals surface area contributed by atoms with Gasteiger partial charge < -0.3 is 10.2 Å². The summed E-state index contributed by atoms with van der Waals surface area (Å²) < 4.78 is 0. The SMILES string of the molecule is Cc1c(C(=O)O)cc(Cl)c(C(=O)O)c1C. The molecule has 0 aliphatic heterocycles. The molecule has 80 valence electrons. The zero-order chi connectivity index (χ0) is 11.7. The Morgan fingerprint density at radius 3 is 2.07 bits per heavy atom. The van der Waals surface area contributed by atoms with Crippen LogP contribution in [0.4, 0.5) is 0 Å². The minimum absolute atomic E-state index is 0.0301. The van der Waals surface area contributed by atoms with Crippen LogP contribution in [0.15, 0.2) is 6.07 Å². The van der Waals surface area contributed by atoms with Crippen molar-refractivity contribution < 1.29 is 19.8 Å². The Morgan fingerprint density at radius 1 is 1.13 bits per heavy atom. The van der Waals surface area contributed by atoms with Gasteiger partial charge in [-0.15, -0.1) is 0 Å². The van der Waals surface area contributed by atoms with Crippen LogP contribution in [-0.2, 0) is 0 Å². The molecule has 0 heterocycles. The molecule has 0 spiro atoms. The van der Waals surface area contributed by atoms with Crippen LogP contribution in [0, 0.1) is 13.8 Å². The average Bonchev–Trinajstić information content (AvgIpc) is 2.10. The van der Waals surface area contributed by atoms with E-state index in [1.165, 1.54) is 6.92 Å². The van der Waals surface area contributed by atoms with Gasteiger partial charge in [0.25, 0.3) is 0 Å². The lowest BCUT2D eigenvalue weighted by molar-refractivity contribution is 0.0680. The second-order valence-electron chi connectivity index (χ2n) is 3.14. The van der Waals surface area contributed by atoms with E-state index in [0.717, 1.165) is 6.07 Å². The van der Waals surface area contributed by atoms with Crippen molar-refractivity contribution in [3.8, 4) is 0 Å². The first-order valence-corrected chi connectivity index (χ1v) is 4.50. The summed E-state index contributed by atoms with van der Waals surface area (Å²) in [6.07, 6.45) is 0. The summed E-state index contributed by atoms with van der Waals surface area (Å²) in [6, 6.07) is 1.16. The van der Waals surface area contributed by atoms with Crippen molar-refractivity contribution in [3.63, 3.8) is 0 Å². The highest BCUT2D eigenvalue weighted by Gasteiger charge is 2.19. The molecule has 0 radical (unpaired) electrons. The zero-order valence-corrected chi connectivity index (χ0v) is 8.92. The fraction of sp³-hybridized carbons (Fsp3) is 0.200. The third-order valence-electron chi connectivity index (χ3n) is 2.30. The second kappa shape index (κ2) is 3.90. The molecule has 2 N–H and O–H groups in total. The monoisotopic (exact) mass is 228 g/mol. The van der Waals surface area contributed by atoms with Gasteiger partial charge in [0, 0.05) is 0 Å². The predicted molar refractivity (Wildman–Crippen MR) is 54.8 cm³/mol. The van der Waals surface area contributed by atoms with Gasteiger partial charge in [-0.3, -0.25) is 0 Å². The van der Waals surface area contributed by atoms with Gasteiger partial charge in [-0.25, -0.2) is 9.59 Å². The minimum atomic E-state index is -1.16.